The van der Waals surface area contributed by atoms with Crippen molar-refractivity contribution in [3.63, 3.8) is 0 Å². The topological polar surface area (TPSA) is 75.7 Å². The third-order valence-corrected chi connectivity index (χ3v) is 7.82. The maximum atomic E-state index is 12.7. The van der Waals surface area contributed by atoms with Crippen LogP contribution in [0.3, 0.4) is 0 Å². The highest BCUT2D eigenvalue weighted by molar-refractivity contribution is 7.98. The maximum Gasteiger partial charge on any atom is 0.243 e. The lowest BCUT2D eigenvalue weighted by Gasteiger charge is -2.26. The Morgan fingerprint density at radius 1 is 1.10 bits per heavy atom. The Balaban J connectivity index is 1.52. The van der Waals surface area contributed by atoms with Crippen molar-refractivity contribution in [3.8, 4) is 0 Å². The fourth-order valence-electron chi connectivity index (χ4n) is 3.31. The number of nitrogens with zero attached hydrogens (tertiary/aromatic N) is 1. The van der Waals surface area contributed by atoms with Gasteiger partial charge in [-0.15, -0.1) is 11.8 Å². The summed E-state index contributed by atoms with van der Waals surface area (Å²) >= 11 is 1.69. The van der Waals surface area contributed by atoms with E-state index in [-0.39, 0.29) is 16.8 Å². The van der Waals surface area contributed by atoms with Crippen LogP contribution < -0.4 is 5.32 Å². The van der Waals surface area contributed by atoms with Crippen LogP contribution in [0.1, 0.15) is 30.5 Å². The molecule has 3 rings (SSSR count). The van der Waals surface area contributed by atoms with E-state index in [4.69, 9.17) is 4.74 Å². The molecule has 1 heterocycles. The Kier molecular flexibility index (Phi) is 7.93. The monoisotopic (exact) mass is 448 g/mol. The molecule has 162 valence electrons. The molecule has 1 atom stereocenters. The van der Waals surface area contributed by atoms with Gasteiger partial charge < -0.3 is 10.1 Å². The van der Waals surface area contributed by atoms with Crippen molar-refractivity contribution in [1.82, 2.24) is 9.62 Å². The fourth-order valence-corrected chi connectivity index (χ4v) is 5.13. The number of ether oxygens (including phenoxy) is 1. The van der Waals surface area contributed by atoms with Gasteiger partial charge in [0.25, 0.3) is 0 Å². The molecular weight excluding hydrogens is 420 g/mol. The van der Waals surface area contributed by atoms with E-state index in [0.29, 0.717) is 39.1 Å². The molecule has 0 aromatic heterocycles. The minimum Gasteiger partial charge on any atom is -0.379 e. The number of hydrogen-bond donors (Lipinski definition) is 1. The van der Waals surface area contributed by atoms with E-state index in [0.717, 1.165) is 11.1 Å². The number of nitrogens with one attached hydrogen (secondary N) is 1. The van der Waals surface area contributed by atoms with Crippen molar-refractivity contribution in [2.75, 3.05) is 32.6 Å². The molecule has 30 heavy (non-hydrogen) atoms. The first-order chi connectivity index (χ1) is 14.4. The zero-order valence-electron chi connectivity index (χ0n) is 17.3. The summed E-state index contributed by atoms with van der Waals surface area (Å²) in [5.74, 6) is -0.0264. The Bertz CT molecular complexity index is 938. The van der Waals surface area contributed by atoms with Gasteiger partial charge in [-0.2, -0.15) is 4.31 Å². The van der Waals surface area contributed by atoms with Crippen molar-refractivity contribution in [3.05, 3.63) is 59.7 Å². The molecule has 0 bridgehead atoms. The number of hydrogen-bond acceptors (Lipinski definition) is 5. The summed E-state index contributed by atoms with van der Waals surface area (Å²) in [4.78, 5) is 13.8. The van der Waals surface area contributed by atoms with Gasteiger partial charge in [0, 0.05) is 24.4 Å². The molecule has 6 nitrogen and oxygen atoms in total. The van der Waals surface area contributed by atoms with Gasteiger partial charge in [-0.1, -0.05) is 24.3 Å². The number of thioether (sulfide) groups is 1. The van der Waals surface area contributed by atoms with E-state index >= 15 is 0 Å². The second kappa shape index (κ2) is 10.4. The van der Waals surface area contributed by atoms with E-state index in [1.165, 1.54) is 9.20 Å². The third kappa shape index (κ3) is 5.85. The molecule has 0 spiro atoms. The van der Waals surface area contributed by atoms with Gasteiger partial charge in [-0.25, -0.2) is 8.42 Å². The number of benzene rings is 2. The largest absolute Gasteiger partial charge is 0.379 e. The summed E-state index contributed by atoms with van der Waals surface area (Å²) in [6.45, 7) is 3.57. The summed E-state index contributed by atoms with van der Waals surface area (Å²) in [6.07, 6.45) is 2.94. The molecule has 1 aliphatic rings. The van der Waals surface area contributed by atoms with Crippen LogP contribution in [0.4, 0.5) is 0 Å². The van der Waals surface area contributed by atoms with E-state index < -0.39 is 10.0 Å². The molecule has 8 heteroatoms. The van der Waals surface area contributed by atoms with Gasteiger partial charge in [0.15, 0.2) is 0 Å². The molecule has 2 aromatic carbocycles. The number of amides is 1. The number of carbonyl (C=O) groups excluding carboxylic acids is 1. The maximum absolute atomic E-state index is 12.7. The van der Waals surface area contributed by atoms with E-state index in [9.17, 15) is 13.2 Å². The molecule has 1 fully saturated rings. The summed E-state index contributed by atoms with van der Waals surface area (Å²) in [7, 11) is -3.49. The molecule has 1 N–H and O–H groups in total. The lowest BCUT2D eigenvalue weighted by molar-refractivity contribution is -0.121. The molecule has 1 saturated heterocycles. The summed E-state index contributed by atoms with van der Waals surface area (Å²) in [5.41, 5.74) is 2.00. The minimum atomic E-state index is -3.49. The van der Waals surface area contributed by atoms with Crippen LogP contribution in [0.15, 0.2) is 58.3 Å². The Morgan fingerprint density at radius 3 is 2.33 bits per heavy atom. The fraction of sp³-hybridized carbons (Fsp3) is 0.409. The second-order valence-electron chi connectivity index (χ2n) is 7.22. The third-order valence-electron chi connectivity index (χ3n) is 5.17. The average molecular weight is 449 g/mol. The molecule has 0 saturated carbocycles. The smallest absolute Gasteiger partial charge is 0.243 e. The van der Waals surface area contributed by atoms with Crippen molar-refractivity contribution >= 4 is 27.7 Å². The number of carbonyl (C=O) groups is 1. The quantitative estimate of drug-likeness (QED) is 0.628. The lowest BCUT2D eigenvalue weighted by Crippen LogP contribution is -2.40. The highest BCUT2D eigenvalue weighted by Gasteiger charge is 2.26. The molecular formula is C22H28N2O4S2. The predicted molar refractivity (Wildman–Crippen MR) is 119 cm³/mol. The van der Waals surface area contributed by atoms with Crippen LogP contribution in [0, 0.1) is 0 Å². The van der Waals surface area contributed by atoms with E-state index in [1.54, 1.807) is 36.0 Å². The van der Waals surface area contributed by atoms with Crippen LogP contribution in [0.25, 0.3) is 0 Å². The van der Waals surface area contributed by atoms with Gasteiger partial charge in [0.1, 0.15) is 0 Å². The SMILES string of the molecule is CSc1ccc(C(C)NC(=O)CCc2ccc(S(=O)(=O)N3CCOCC3)cc2)cc1. The highest BCUT2D eigenvalue weighted by Crippen LogP contribution is 2.20. The summed E-state index contributed by atoms with van der Waals surface area (Å²) in [5, 5.41) is 3.02. The van der Waals surface area contributed by atoms with Crippen LogP contribution in [0.5, 0.6) is 0 Å². The normalized spacial score (nSPS) is 16.2. The van der Waals surface area contributed by atoms with E-state index in [1.807, 2.05) is 25.3 Å². The van der Waals surface area contributed by atoms with E-state index in [2.05, 4.69) is 17.4 Å². The van der Waals surface area contributed by atoms with Crippen LogP contribution in [0.2, 0.25) is 0 Å². The Labute approximate surface area is 183 Å². The van der Waals surface area contributed by atoms with Crippen molar-refractivity contribution in [2.45, 2.75) is 35.6 Å². The molecule has 0 radical (unpaired) electrons. The van der Waals surface area contributed by atoms with Crippen LogP contribution in [-0.4, -0.2) is 51.2 Å². The van der Waals surface area contributed by atoms with Crippen molar-refractivity contribution in [1.29, 1.82) is 0 Å². The first kappa shape index (κ1) is 22.8. The molecule has 0 aliphatic carbocycles. The van der Waals surface area contributed by atoms with Gasteiger partial charge in [0.2, 0.25) is 15.9 Å². The first-order valence-corrected chi connectivity index (χ1v) is 12.7. The van der Waals surface area contributed by atoms with Gasteiger partial charge in [-0.3, -0.25) is 4.79 Å². The van der Waals surface area contributed by atoms with Crippen molar-refractivity contribution in [2.24, 2.45) is 0 Å². The highest BCUT2D eigenvalue weighted by atomic mass is 32.2. The summed E-state index contributed by atoms with van der Waals surface area (Å²) < 4.78 is 32.0. The molecule has 1 aliphatic heterocycles. The van der Waals surface area contributed by atoms with Gasteiger partial charge in [0.05, 0.1) is 24.2 Å². The van der Waals surface area contributed by atoms with Crippen LogP contribution >= 0.6 is 11.8 Å². The van der Waals surface area contributed by atoms with Crippen molar-refractivity contribution < 1.29 is 17.9 Å². The molecule has 1 unspecified atom stereocenters. The average Bonchev–Trinajstić information content (AvgIpc) is 2.78. The Morgan fingerprint density at radius 2 is 1.73 bits per heavy atom. The number of rotatable bonds is 8. The number of morpholine rings is 1. The van der Waals surface area contributed by atoms with Gasteiger partial charge >= 0.3 is 0 Å². The van der Waals surface area contributed by atoms with Gasteiger partial charge in [-0.05, 0) is 55.0 Å². The molecule has 2 aromatic rings. The molecule has 1 amide bonds. The predicted octanol–water partition coefficient (Wildman–Crippen LogP) is 3.24. The minimum absolute atomic E-state index is 0.0264. The van der Waals surface area contributed by atoms with Crippen LogP contribution in [-0.2, 0) is 26.0 Å². The standard InChI is InChI=1S/C22H28N2O4S2/c1-17(19-6-8-20(29-2)9-7-19)23-22(25)12-5-18-3-10-21(11-4-18)30(26,27)24-13-15-28-16-14-24/h3-4,6-11,17H,5,12-16H2,1-2H3,(H,23,25). The lowest BCUT2D eigenvalue weighted by atomic mass is 10.1. The zero-order chi connectivity index (χ0) is 21.6. The number of aryl methyl sites for hydroxylation is 1. The first-order valence-electron chi connectivity index (χ1n) is 10.0. The Hall–Kier alpha value is -1.87. The second-order valence-corrected chi connectivity index (χ2v) is 10.0. The number of sulfonamides is 1. The zero-order valence-corrected chi connectivity index (χ0v) is 19.0. The summed E-state index contributed by atoms with van der Waals surface area (Å²) in [6, 6.07) is 14.9.